The number of benzene rings is 2. The fourth-order valence-electron chi connectivity index (χ4n) is 3.35. The highest BCUT2D eigenvalue weighted by Gasteiger charge is 2.24. The average Bonchev–Trinajstić information content (AvgIpc) is 3.12. The van der Waals surface area contributed by atoms with Gasteiger partial charge in [-0.05, 0) is 24.0 Å². The Morgan fingerprint density at radius 2 is 1.93 bits per heavy atom. The molecule has 0 radical (unpaired) electrons. The summed E-state index contributed by atoms with van der Waals surface area (Å²) in [6.45, 7) is 0.477. The zero-order chi connectivity index (χ0) is 19.2. The lowest BCUT2D eigenvalue weighted by atomic mass is 9.90. The first kappa shape index (κ1) is 19.2. The van der Waals surface area contributed by atoms with Gasteiger partial charge < -0.3 is 19.8 Å². The van der Waals surface area contributed by atoms with E-state index >= 15 is 0 Å². The first-order valence-corrected chi connectivity index (χ1v) is 10.1. The van der Waals surface area contributed by atoms with E-state index in [0.29, 0.717) is 23.8 Å². The molecule has 2 N–H and O–H groups in total. The van der Waals surface area contributed by atoms with Crippen LogP contribution in [0.1, 0.15) is 17.0 Å². The zero-order valence-electron chi connectivity index (χ0n) is 15.7. The summed E-state index contributed by atoms with van der Waals surface area (Å²) >= 11 is 1.51. The Bertz CT molecular complexity index is 923. The summed E-state index contributed by atoms with van der Waals surface area (Å²) in [5, 5.41) is 4.18. The summed E-state index contributed by atoms with van der Waals surface area (Å²) in [5.74, 6) is 1.76. The molecule has 5 nitrogen and oxygen atoms in total. The Hall–Kier alpha value is -2.60. The van der Waals surface area contributed by atoms with Gasteiger partial charge in [-0.3, -0.25) is 4.79 Å². The second-order valence-electron chi connectivity index (χ2n) is 6.16. The van der Waals surface area contributed by atoms with E-state index in [2.05, 4.69) is 16.4 Å². The second kappa shape index (κ2) is 8.86. The molecule has 1 aromatic heterocycles. The molecule has 27 heavy (non-hydrogen) atoms. The Morgan fingerprint density at radius 1 is 1.11 bits per heavy atom. The van der Waals surface area contributed by atoms with Crippen LogP contribution in [0.3, 0.4) is 0 Å². The molecule has 1 atom stereocenters. The van der Waals surface area contributed by atoms with Gasteiger partial charge in [-0.25, -0.2) is 0 Å². The number of aromatic amines is 1. The first-order valence-electron chi connectivity index (χ1n) is 8.72. The van der Waals surface area contributed by atoms with Crippen LogP contribution in [0.2, 0.25) is 0 Å². The number of ether oxygens (including phenoxy) is 2. The van der Waals surface area contributed by atoms with Crippen LogP contribution in [0, 0.1) is 0 Å². The van der Waals surface area contributed by atoms with E-state index in [4.69, 9.17) is 9.47 Å². The highest BCUT2D eigenvalue weighted by atomic mass is 32.2. The van der Waals surface area contributed by atoms with E-state index < -0.39 is 0 Å². The Labute approximate surface area is 163 Å². The molecule has 6 heteroatoms. The van der Waals surface area contributed by atoms with Gasteiger partial charge in [0, 0.05) is 35.1 Å². The van der Waals surface area contributed by atoms with E-state index in [1.807, 2.05) is 48.9 Å². The number of H-pyrrole nitrogens is 1. The van der Waals surface area contributed by atoms with Crippen molar-refractivity contribution in [1.82, 2.24) is 10.3 Å². The van der Waals surface area contributed by atoms with Crippen molar-refractivity contribution in [3.05, 3.63) is 59.8 Å². The van der Waals surface area contributed by atoms with Gasteiger partial charge in [0.15, 0.2) is 11.5 Å². The number of rotatable bonds is 8. The SMILES string of the molecule is COc1cccc(C(CNC(=O)CSC)c2c[nH]c3ccccc23)c1OC. The molecule has 0 aliphatic carbocycles. The van der Waals surface area contributed by atoms with Gasteiger partial charge in [-0.2, -0.15) is 11.8 Å². The molecule has 0 saturated heterocycles. The summed E-state index contributed by atoms with van der Waals surface area (Å²) in [6, 6.07) is 14.0. The van der Waals surface area contributed by atoms with Gasteiger partial charge in [-0.15, -0.1) is 0 Å². The molecule has 0 fully saturated rings. The molecular weight excluding hydrogens is 360 g/mol. The molecule has 1 unspecified atom stereocenters. The number of carbonyl (C=O) groups excluding carboxylic acids is 1. The van der Waals surface area contributed by atoms with Crippen molar-refractivity contribution in [3.8, 4) is 11.5 Å². The zero-order valence-corrected chi connectivity index (χ0v) is 16.6. The summed E-state index contributed by atoms with van der Waals surface area (Å²) in [6.07, 6.45) is 3.93. The van der Waals surface area contributed by atoms with E-state index in [-0.39, 0.29) is 11.8 Å². The number of methoxy groups -OCH3 is 2. The molecule has 142 valence electrons. The molecule has 0 aliphatic rings. The van der Waals surface area contributed by atoms with E-state index in [1.54, 1.807) is 14.2 Å². The van der Waals surface area contributed by atoms with Crippen LogP contribution in [-0.4, -0.2) is 43.7 Å². The predicted octanol–water partition coefficient (Wildman–Crippen LogP) is 3.80. The molecule has 2 aromatic carbocycles. The molecule has 1 heterocycles. The number of amides is 1. The minimum absolute atomic E-state index is 0.0224. The normalized spacial score (nSPS) is 12.0. The summed E-state index contributed by atoms with van der Waals surface area (Å²) in [4.78, 5) is 15.4. The monoisotopic (exact) mass is 384 g/mol. The van der Waals surface area contributed by atoms with Gasteiger partial charge in [0.2, 0.25) is 5.91 Å². The molecule has 0 aliphatic heterocycles. The number of carbonyl (C=O) groups is 1. The lowest BCUT2D eigenvalue weighted by molar-refractivity contribution is -0.118. The van der Waals surface area contributed by atoms with Crippen molar-refractivity contribution < 1.29 is 14.3 Å². The van der Waals surface area contributed by atoms with Crippen LogP contribution in [-0.2, 0) is 4.79 Å². The van der Waals surface area contributed by atoms with Gasteiger partial charge >= 0.3 is 0 Å². The van der Waals surface area contributed by atoms with Crippen molar-refractivity contribution >= 4 is 28.6 Å². The van der Waals surface area contributed by atoms with Gasteiger partial charge in [0.1, 0.15) is 0 Å². The first-order chi connectivity index (χ1) is 13.2. The molecular formula is C21H24N2O3S. The van der Waals surface area contributed by atoms with E-state index in [1.165, 1.54) is 11.8 Å². The van der Waals surface area contributed by atoms with Crippen LogP contribution in [0.15, 0.2) is 48.7 Å². The third kappa shape index (κ3) is 4.06. The lowest BCUT2D eigenvalue weighted by Crippen LogP contribution is -2.30. The number of hydrogen-bond donors (Lipinski definition) is 2. The number of fused-ring (bicyclic) bond motifs is 1. The fourth-order valence-corrected chi connectivity index (χ4v) is 3.72. The molecule has 0 saturated carbocycles. The molecule has 3 aromatic rings. The lowest BCUT2D eigenvalue weighted by Gasteiger charge is -2.22. The van der Waals surface area contributed by atoms with Gasteiger partial charge in [0.25, 0.3) is 0 Å². The highest BCUT2D eigenvalue weighted by molar-refractivity contribution is 7.99. The molecule has 0 spiro atoms. The average molecular weight is 385 g/mol. The van der Waals surface area contributed by atoms with Gasteiger partial charge in [0.05, 0.1) is 20.0 Å². The smallest absolute Gasteiger partial charge is 0.230 e. The number of thioether (sulfide) groups is 1. The molecule has 3 rings (SSSR count). The molecule has 1 amide bonds. The van der Waals surface area contributed by atoms with Crippen molar-refractivity contribution in [1.29, 1.82) is 0 Å². The van der Waals surface area contributed by atoms with E-state index in [0.717, 1.165) is 22.0 Å². The minimum atomic E-state index is -0.0722. The van der Waals surface area contributed by atoms with Crippen LogP contribution >= 0.6 is 11.8 Å². The summed E-state index contributed by atoms with van der Waals surface area (Å²) in [7, 11) is 3.27. The van der Waals surface area contributed by atoms with E-state index in [9.17, 15) is 4.79 Å². The summed E-state index contributed by atoms with van der Waals surface area (Å²) < 4.78 is 11.1. The third-order valence-electron chi connectivity index (χ3n) is 4.58. The van der Waals surface area contributed by atoms with Crippen LogP contribution in [0.25, 0.3) is 10.9 Å². The van der Waals surface area contributed by atoms with Crippen LogP contribution in [0.4, 0.5) is 0 Å². The topological polar surface area (TPSA) is 63.3 Å². The van der Waals surface area contributed by atoms with Crippen molar-refractivity contribution in [2.45, 2.75) is 5.92 Å². The number of nitrogens with one attached hydrogen (secondary N) is 2. The van der Waals surface area contributed by atoms with Gasteiger partial charge in [-0.1, -0.05) is 30.3 Å². The minimum Gasteiger partial charge on any atom is -0.493 e. The van der Waals surface area contributed by atoms with Crippen molar-refractivity contribution in [3.63, 3.8) is 0 Å². The third-order valence-corrected chi connectivity index (χ3v) is 5.14. The van der Waals surface area contributed by atoms with Crippen molar-refractivity contribution in [2.24, 2.45) is 0 Å². The Kier molecular flexibility index (Phi) is 6.29. The highest BCUT2D eigenvalue weighted by Crippen LogP contribution is 2.40. The predicted molar refractivity (Wildman–Crippen MR) is 111 cm³/mol. The maximum absolute atomic E-state index is 12.1. The number of aromatic nitrogens is 1. The molecule has 0 bridgehead atoms. The summed E-state index contributed by atoms with van der Waals surface area (Å²) in [5.41, 5.74) is 3.16. The maximum Gasteiger partial charge on any atom is 0.230 e. The maximum atomic E-state index is 12.1. The van der Waals surface area contributed by atoms with Crippen molar-refractivity contribution in [2.75, 3.05) is 32.8 Å². The standard InChI is InChI=1S/C21H24N2O3S/c1-25-19-10-6-8-15(21(19)26-2)17(12-23-20(24)13-27-3)16-11-22-18-9-5-4-7-14(16)18/h4-11,17,22H,12-13H2,1-3H3,(H,23,24). The fraction of sp³-hybridized carbons (Fsp3) is 0.286. The second-order valence-corrected chi connectivity index (χ2v) is 7.03. The number of hydrogen-bond acceptors (Lipinski definition) is 4. The quantitative estimate of drug-likeness (QED) is 0.620. The largest absolute Gasteiger partial charge is 0.493 e. The van der Waals surface area contributed by atoms with Crippen LogP contribution in [0.5, 0.6) is 11.5 Å². The Balaban J connectivity index is 2.07. The van der Waals surface area contributed by atoms with Crippen LogP contribution < -0.4 is 14.8 Å². The Morgan fingerprint density at radius 3 is 2.67 bits per heavy atom. The number of para-hydroxylation sites is 2.